The summed E-state index contributed by atoms with van der Waals surface area (Å²) >= 11 is 9.18. The van der Waals surface area contributed by atoms with E-state index < -0.39 is 0 Å². The second kappa shape index (κ2) is 7.97. The Hall–Kier alpha value is -1.92. The lowest BCUT2D eigenvalue weighted by Crippen LogP contribution is -2.56. The summed E-state index contributed by atoms with van der Waals surface area (Å²) in [6.45, 7) is 1.02. The quantitative estimate of drug-likeness (QED) is 0.664. The molecule has 1 saturated heterocycles. The molecule has 0 aliphatic carbocycles. The van der Waals surface area contributed by atoms with Crippen molar-refractivity contribution >= 4 is 39.2 Å². The Kier molecular flexibility index (Phi) is 5.71. The molecule has 25 heavy (non-hydrogen) atoms. The molecule has 0 unspecified atom stereocenters. The maximum absolute atomic E-state index is 12.2. The topological polar surface area (TPSA) is 59.5 Å². The molecule has 2 heterocycles. The smallest absolute Gasteiger partial charge is 0.228 e. The molecular formula is C18H16BrClN2O3. The Labute approximate surface area is 159 Å². The van der Waals surface area contributed by atoms with E-state index in [1.165, 1.54) is 0 Å². The van der Waals surface area contributed by atoms with E-state index in [1.54, 1.807) is 35.4 Å². The monoisotopic (exact) mass is 422 g/mol. The summed E-state index contributed by atoms with van der Waals surface area (Å²) < 4.78 is 6.52. The number of benzene rings is 1. The van der Waals surface area contributed by atoms with Crippen LogP contribution in [0.4, 0.5) is 0 Å². The minimum Gasteiger partial charge on any atom is -0.470 e. The molecule has 1 aliphatic heterocycles. The number of aromatic nitrogens is 1. The van der Waals surface area contributed by atoms with Gasteiger partial charge in [0.25, 0.3) is 0 Å². The van der Waals surface area contributed by atoms with Crippen LogP contribution >= 0.6 is 27.5 Å². The summed E-state index contributed by atoms with van der Waals surface area (Å²) in [6.07, 6.45) is 1.97. The number of likely N-dealkylation sites (tertiary alicyclic amines) is 1. The zero-order valence-electron chi connectivity index (χ0n) is 13.3. The molecule has 0 radical (unpaired) electrons. The van der Waals surface area contributed by atoms with E-state index in [-0.39, 0.29) is 30.6 Å². The van der Waals surface area contributed by atoms with Gasteiger partial charge < -0.3 is 9.64 Å². The first-order valence-corrected chi connectivity index (χ1v) is 9.04. The highest BCUT2D eigenvalue weighted by atomic mass is 79.9. The van der Waals surface area contributed by atoms with Gasteiger partial charge in [0.15, 0.2) is 5.78 Å². The molecule has 3 rings (SSSR count). The zero-order valence-corrected chi connectivity index (χ0v) is 15.7. The third kappa shape index (κ3) is 4.58. The van der Waals surface area contributed by atoms with E-state index in [9.17, 15) is 9.59 Å². The van der Waals surface area contributed by atoms with Crippen LogP contribution in [0.2, 0.25) is 5.02 Å². The first-order valence-electron chi connectivity index (χ1n) is 7.86. The first-order chi connectivity index (χ1) is 12.0. The van der Waals surface area contributed by atoms with Crippen molar-refractivity contribution in [2.24, 2.45) is 0 Å². The van der Waals surface area contributed by atoms with Gasteiger partial charge in [-0.25, -0.2) is 4.98 Å². The Bertz CT molecular complexity index is 776. The molecule has 0 spiro atoms. The second-order valence-electron chi connectivity index (χ2n) is 5.76. The van der Waals surface area contributed by atoms with Gasteiger partial charge in [0, 0.05) is 29.6 Å². The van der Waals surface area contributed by atoms with Crippen LogP contribution in [0, 0.1) is 0 Å². The summed E-state index contributed by atoms with van der Waals surface area (Å²) in [5.41, 5.74) is 0.571. The van der Waals surface area contributed by atoms with Gasteiger partial charge in [0.1, 0.15) is 6.10 Å². The Balaban J connectivity index is 1.42. The molecule has 0 N–H and O–H groups in total. The first kappa shape index (κ1) is 17.9. The summed E-state index contributed by atoms with van der Waals surface area (Å²) in [4.78, 5) is 30.1. The van der Waals surface area contributed by atoms with E-state index in [2.05, 4.69) is 20.9 Å². The van der Waals surface area contributed by atoms with Crippen molar-refractivity contribution in [3.8, 4) is 5.88 Å². The number of nitrogens with zero attached hydrogens (tertiary/aromatic N) is 2. The van der Waals surface area contributed by atoms with Crippen molar-refractivity contribution in [1.82, 2.24) is 9.88 Å². The summed E-state index contributed by atoms with van der Waals surface area (Å²) in [7, 11) is 0. The molecule has 130 valence electrons. The van der Waals surface area contributed by atoms with E-state index in [1.807, 2.05) is 12.1 Å². The normalized spacial score (nSPS) is 14.1. The molecule has 5 nitrogen and oxygen atoms in total. The van der Waals surface area contributed by atoms with E-state index in [0.717, 1.165) is 4.47 Å². The fraction of sp³-hybridized carbons (Fsp3) is 0.278. The molecule has 0 saturated carbocycles. The Morgan fingerprint density at radius 1 is 1.20 bits per heavy atom. The minimum absolute atomic E-state index is 0.0396. The predicted octanol–water partition coefficient (Wildman–Crippen LogP) is 3.75. The fourth-order valence-corrected chi connectivity index (χ4v) is 2.97. The molecule has 0 atom stereocenters. The number of amides is 1. The average molecular weight is 424 g/mol. The highest BCUT2D eigenvalue weighted by molar-refractivity contribution is 9.10. The fourth-order valence-electron chi connectivity index (χ4n) is 2.49. The van der Waals surface area contributed by atoms with Crippen LogP contribution in [0.3, 0.4) is 0 Å². The van der Waals surface area contributed by atoms with Gasteiger partial charge in [-0.2, -0.15) is 0 Å². The van der Waals surface area contributed by atoms with E-state index in [0.29, 0.717) is 29.6 Å². The number of pyridine rings is 1. The number of halogens is 2. The SMILES string of the molecule is O=C(CCC(=O)N1CC(Oc2ncccc2Br)C1)c1ccc(Cl)cc1. The molecule has 7 heteroatoms. The van der Waals surface area contributed by atoms with Crippen molar-refractivity contribution in [1.29, 1.82) is 0 Å². The number of hydrogen-bond donors (Lipinski definition) is 0. The van der Waals surface area contributed by atoms with Crippen molar-refractivity contribution in [3.05, 3.63) is 57.7 Å². The Morgan fingerprint density at radius 3 is 2.60 bits per heavy atom. The summed E-state index contributed by atoms with van der Waals surface area (Å²) in [6, 6.07) is 10.4. The molecule has 1 amide bonds. The zero-order chi connectivity index (χ0) is 17.8. The number of hydrogen-bond acceptors (Lipinski definition) is 4. The van der Waals surface area contributed by atoms with Gasteiger partial charge >= 0.3 is 0 Å². The number of ether oxygens (including phenoxy) is 1. The van der Waals surface area contributed by atoms with Crippen LogP contribution in [-0.4, -0.2) is 40.8 Å². The molecule has 1 aromatic carbocycles. The maximum atomic E-state index is 12.2. The minimum atomic E-state index is -0.0675. The van der Waals surface area contributed by atoms with Gasteiger partial charge in [-0.15, -0.1) is 0 Å². The van der Waals surface area contributed by atoms with Crippen molar-refractivity contribution < 1.29 is 14.3 Å². The van der Waals surface area contributed by atoms with Crippen molar-refractivity contribution in [2.45, 2.75) is 18.9 Å². The molecule has 1 aliphatic rings. The van der Waals surface area contributed by atoms with Crippen LogP contribution in [0.5, 0.6) is 5.88 Å². The molecule has 2 aromatic rings. The third-order valence-electron chi connectivity index (χ3n) is 3.94. The number of ketones is 1. The predicted molar refractivity (Wildman–Crippen MR) is 97.9 cm³/mol. The van der Waals surface area contributed by atoms with Gasteiger partial charge in [0.05, 0.1) is 17.6 Å². The lowest BCUT2D eigenvalue weighted by molar-refractivity contribution is -0.140. The standard InChI is InChI=1S/C18H16BrClN2O3/c19-15-2-1-9-21-18(15)25-14-10-22(11-14)17(24)8-7-16(23)12-3-5-13(20)6-4-12/h1-6,9,14H,7-8,10-11H2. The number of rotatable bonds is 6. The summed E-state index contributed by atoms with van der Waals surface area (Å²) in [5, 5.41) is 0.582. The third-order valence-corrected chi connectivity index (χ3v) is 4.79. The molecular weight excluding hydrogens is 408 g/mol. The lowest BCUT2D eigenvalue weighted by Gasteiger charge is -2.38. The maximum Gasteiger partial charge on any atom is 0.228 e. The van der Waals surface area contributed by atoms with Crippen LogP contribution in [0.15, 0.2) is 47.1 Å². The van der Waals surface area contributed by atoms with Crippen molar-refractivity contribution in [3.63, 3.8) is 0 Å². The highest BCUT2D eigenvalue weighted by Gasteiger charge is 2.32. The van der Waals surface area contributed by atoms with Gasteiger partial charge in [-0.05, 0) is 52.3 Å². The average Bonchev–Trinajstić information content (AvgIpc) is 2.57. The molecule has 1 fully saturated rings. The second-order valence-corrected chi connectivity index (χ2v) is 7.05. The molecule has 1 aromatic heterocycles. The van der Waals surface area contributed by atoms with Crippen LogP contribution in [-0.2, 0) is 4.79 Å². The van der Waals surface area contributed by atoms with E-state index in [4.69, 9.17) is 16.3 Å². The van der Waals surface area contributed by atoms with Gasteiger partial charge in [-0.3, -0.25) is 9.59 Å². The number of Topliss-reactive ketones (excluding diaryl/α,β-unsaturated/α-hetero) is 1. The van der Waals surface area contributed by atoms with Crippen LogP contribution in [0.1, 0.15) is 23.2 Å². The number of carbonyl (C=O) groups is 2. The van der Waals surface area contributed by atoms with Gasteiger partial charge in [-0.1, -0.05) is 11.6 Å². The van der Waals surface area contributed by atoms with Crippen molar-refractivity contribution in [2.75, 3.05) is 13.1 Å². The summed E-state index contributed by atoms with van der Waals surface area (Å²) in [5.74, 6) is 0.426. The van der Waals surface area contributed by atoms with Crippen LogP contribution in [0.25, 0.3) is 0 Å². The van der Waals surface area contributed by atoms with Crippen LogP contribution < -0.4 is 4.74 Å². The lowest BCUT2D eigenvalue weighted by atomic mass is 10.0. The largest absolute Gasteiger partial charge is 0.470 e. The Morgan fingerprint density at radius 2 is 1.92 bits per heavy atom. The van der Waals surface area contributed by atoms with E-state index >= 15 is 0 Å². The highest BCUT2D eigenvalue weighted by Crippen LogP contribution is 2.24. The molecule has 0 bridgehead atoms. The number of carbonyl (C=O) groups excluding carboxylic acids is 2. The van der Waals surface area contributed by atoms with Gasteiger partial charge in [0.2, 0.25) is 11.8 Å².